The van der Waals surface area contributed by atoms with Crippen molar-refractivity contribution in [2.24, 2.45) is 0 Å². The summed E-state index contributed by atoms with van der Waals surface area (Å²) < 4.78 is 27.9. The molecule has 2 rings (SSSR count). The van der Waals surface area contributed by atoms with Crippen LogP contribution in [0.3, 0.4) is 0 Å². The first-order valence-electron chi connectivity index (χ1n) is 5.55. The Labute approximate surface area is 105 Å². The van der Waals surface area contributed by atoms with Gasteiger partial charge in [-0.1, -0.05) is 30.3 Å². The quantitative estimate of drug-likeness (QED) is 0.697. The van der Waals surface area contributed by atoms with E-state index in [2.05, 4.69) is 9.44 Å². The molecule has 1 aromatic rings. The molecule has 0 heterocycles. The first kappa shape index (κ1) is 13.0. The zero-order valence-electron chi connectivity index (χ0n) is 9.54. The molecule has 6 nitrogen and oxygen atoms in total. The average Bonchev–Trinajstić information content (AvgIpc) is 3.10. The van der Waals surface area contributed by atoms with Crippen LogP contribution in [0, 0.1) is 0 Å². The highest BCUT2D eigenvalue weighted by molar-refractivity contribution is 7.87. The van der Waals surface area contributed by atoms with E-state index in [0.29, 0.717) is 5.56 Å². The third-order valence-corrected chi connectivity index (χ3v) is 3.74. The lowest BCUT2D eigenvalue weighted by Crippen LogP contribution is -2.42. The smallest absolute Gasteiger partial charge is 0.326 e. The van der Waals surface area contributed by atoms with E-state index in [1.807, 2.05) is 0 Å². The van der Waals surface area contributed by atoms with Gasteiger partial charge in [-0.15, -0.1) is 0 Å². The molecule has 0 saturated heterocycles. The van der Waals surface area contributed by atoms with Crippen LogP contribution in [0.25, 0.3) is 0 Å². The zero-order chi connectivity index (χ0) is 13.2. The Hall–Kier alpha value is -1.44. The lowest BCUT2D eigenvalue weighted by molar-refractivity contribution is -0.139. The van der Waals surface area contributed by atoms with Crippen LogP contribution in [-0.2, 0) is 15.0 Å². The largest absolute Gasteiger partial charge is 0.480 e. The SMILES string of the molecule is O=C(O)[C@@H](NS(=O)(=O)NC1CC1)c1ccccc1. The molecule has 1 aromatic carbocycles. The standard InChI is InChI=1S/C11H14N2O4S/c14-11(15)10(8-4-2-1-3-5-8)13-18(16,17)12-9-6-7-9/h1-5,9-10,12-13H,6-7H2,(H,14,15)/t10-/m0/s1. The highest BCUT2D eigenvalue weighted by atomic mass is 32.2. The Morgan fingerprint density at radius 1 is 1.28 bits per heavy atom. The van der Waals surface area contributed by atoms with E-state index in [0.717, 1.165) is 12.8 Å². The molecule has 0 spiro atoms. The minimum Gasteiger partial charge on any atom is -0.480 e. The second-order valence-corrected chi connectivity index (χ2v) is 5.67. The fraction of sp³-hybridized carbons (Fsp3) is 0.364. The predicted molar refractivity (Wildman–Crippen MR) is 65.0 cm³/mol. The third kappa shape index (κ3) is 3.52. The number of benzene rings is 1. The van der Waals surface area contributed by atoms with Crippen molar-refractivity contribution in [3.8, 4) is 0 Å². The summed E-state index contributed by atoms with van der Waals surface area (Å²) >= 11 is 0. The number of rotatable bonds is 6. The number of carboxylic acids is 1. The molecule has 0 aromatic heterocycles. The van der Waals surface area contributed by atoms with Gasteiger partial charge in [-0.25, -0.2) is 0 Å². The van der Waals surface area contributed by atoms with Crippen LogP contribution in [0.2, 0.25) is 0 Å². The van der Waals surface area contributed by atoms with Gasteiger partial charge in [0.1, 0.15) is 6.04 Å². The van der Waals surface area contributed by atoms with E-state index in [1.165, 1.54) is 0 Å². The monoisotopic (exact) mass is 270 g/mol. The zero-order valence-corrected chi connectivity index (χ0v) is 10.4. The Bertz CT molecular complexity index is 525. The maximum absolute atomic E-state index is 11.7. The molecule has 0 radical (unpaired) electrons. The van der Waals surface area contributed by atoms with Gasteiger partial charge >= 0.3 is 5.97 Å². The highest BCUT2D eigenvalue weighted by Crippen LogP contribution is 2.20. The lowest BCUT2D eigenvalue weighted by atomic mass is 10.1. The summed E-state index contributed by atoms with van der Waals surface area (Å²) in [6.07, 6.45) is 1.59. The van der Waals surface area contributed by atoms with E-state index < -0.39 is 22.2 Å². The summed E-state index contributed by atoms with van der Waals surface area (Å²) in [6.45, 7) is 0. The van der Waals surface area contributed by atoms with Gasteiger partial charge in [-0.05, 0) is 18.4 Å². The summed E-state index contributed by atoms with van der Waals surface area (Å²) in [7, 11) is -3.79. The molecule has 98 valence electrons. The fourth-order valence-corrected chi connectivity index (χ4v) is 2.81. The van der Waals surface area contributed by atoms with Gasteiger partial charge in [0.25, 0.3) is 10.2 Å². The van der Waals surface area contributed by atoms with E-state index in [4.69, 9.17) is 5.11 Å². The van der Waals surface area contributed by atoms with Crippen molar-refractivity contribution in [1.29, 1.82) is 0 Å². The van der Waals surface area contributed by atoms with Gasteiger partial charge < -0.3 is 5.11 Å². The molecule has 1 aliphatic carbocycles. The van der Waals surface area contributed by atoms with E-state index >= 15 is 0 Å². The number of hydrogen-bond donors (Lipinski definition) is 3. The van der Waals surface area contributed by atoms with Crippen LogP contribution in [0.4, 0.5) is 0 Å². The van der Waals surface area contributed by atoms with Gasteiger partial charge in [0.05, 0.1) is 0 Å². The van der Waals surface area contributed by atoms with Crippen molar-refractivity contribution in [3.63, 3.8) is 0 Å². The summed E-state index contributed by atoms with van der Waals surface area (Å²) in [5.74, 6) is -1.23. The first-order chi connectivity index (χ1) is 8.48. The Morgan fingerprint density at radius 3 is 2.39 bits per heavy atom. The average molecular weight is 270 g/mol. The Balaban J connectivity index is 2.14. The number of carbonyl (C=O) groups is 1. The molecule has 1 fully saturated rings. The maximum atomic E-state index is 11.7. The molecular weight excluding hydrogens is 256 g/mol. The summed E-state index contributed by atoms with van der Waals surface area (Å²) in [4.78, 5) is 11.1. The first-order valence-corrected chi connectivity index (χ1v) is 7.03. The van der Waals surface area contributed by atoms with Gasteiger partial charge in [0.2, 0.25) is 0 Å². The van der Waals surface area contributed by atoms with Crippen molar-refractivity contribution in [3.05, 3.63) is 35.9 Å². The van der Waals surface area contributed by atoms with Crippen molar-refractivity contribution in [1.82, 2.24) is 9.44 Å². The lowest BCUT2D eigenvalue weighted by Gasteiger charge is -2.15. The van der Waals surface area contributed by atoms with E-state index in [9.17, 15) is 13.2 Å². The van der Waals surface area contributed by atoms with Gasteiger partial charge in [-0.2, -0.15) is 17.9 Å². The minimum atomic E-state index is -3.79. The van der Waals surface area contributed by atoms with Crippen molar-refractivity contribution in [2.45, 2.75) is 24.9 Å². The van der Waals surface area contributed by atoms with Gasteiger partial charge in [0, 0.05) is 6.04 Å². The Kier molecular flexibility index (Phi) is 3.65. The maximum Gasteiger partial charge on any atom is 0.326 e. The van der Waals surface area contributed by atoms with Gasteiger partial charge in [-0.3, -0.25) is 4.79 Å². The molecule has 7 heteroatoms. The van der Waals surface area contributed by atoms with E-state index in [-0.39, 0.29) is 6.04 Å². The Morgan fingerprint density at radius 2 is 1.89 bits per heavy atom. The molecule has 18 heavy (non-hydrogen) atoms. The predicted octanol–water partition coefficient (Wildman–Crippen LogP) is 0.399. The van der Waals surface area contributed by atoms with Crippen LogP contribution in [0.5, 0.6) is 0 Å². The number of nitrogens with one attached hydrogen (secondary N) is 2. The normalized spacial score (nSPS) is 17.3. The second-order valence-electron chi connectivity index (χ2n) is 4.20. The molecule has 0 bridgehead atoms. The number of aliphatic carboxylic acids is 1. The van der Waals surface area contributed by atoms with Crippen LogP contribution in [0.15, 0.2) is 30.3 Å². The fourth-order valence-electron chi connectivity index (χ4n) is 1.52. The van der Waals surface area contributed by atoms with Crippen molar-refractivity contribution < 1.29 is 18.3 Å². The second kappa shape index (κ2) is 5.05. The van der Waals surface area contributed by atoms with Crippen LogP contribution >= 0.6 is 0 Å². The third-order valence-electron chi connectivity index (χ3n) is 2.55. The van der Waals surface area contributed by atoms with Crippen LogP contribution in [0.1, 0.15) is 24.4 Å². The molecular formula is C11H14N2O4S. The molecule has 1 saturated carbocycles. The number of carboxylic acid groups (broad SMARTS) is 1. The summed E-state index contributed by atoms with van der Waals surface area (Å²) in [5.41, 5.74) is 0.395. The molecule has 1 aliphatic rings. The topological polar surface area (TPSA) is 95.5 Å². The summed E-state index contributed by atoms with van der Waals surface area (Å²) in [5, 5.41) is 9.09. The van der Waals surface area contributed by atoms with Crippen LogP contribution < -0.4 is 9.44 Å². The van der Waals surface area contributed by atoms with E-state index in [1.54, 1.807) is 30.3 Å². The van der Waals surface area contributed by atoms with Gasteiger partial charge in [0.15, 0.2) is 0 Å². The molecule has 1 atom stereocenters. The molecule has 0 amide bonds. The van der Waals surface area contributed by atoms with Crippen molar-refractivity contribution >= 4 is 16.2 Å². The van der Waals surface area contributed by atoms with Crippen molar-refractivity contribution in [2.75, 3.05) is 0 Å². The highest BCUT2D eigenvalue weighted by Gasteiger charge is 2.31. The minimum absolute atomic E-state index is 0.0623. The van der Waals surface area contributed by atoms with Crippen LogP contribution in [-0.4, -0.2) is 25.5 Å². The molecule has 3 N–H and O–H groups in total. The molecule has 0 unspecified atom stereocenters. The molecule has 0 aliphatic heterocycles. The summed E-state index contributed by atoms with van der Waals surface area (Å²) in [6, 6.07) is 6.85. The number of hydrogen-bond acceptors (Lipinski definition) is 3.